The van der Waals surface area contributed by atoms with Gasteiger partial charge in [-0.1, -0.05) is 50.2 Å². The summed E-state index contributed by atoms with van der Waals surface area (Å²) in [6, 6.07) is 14.5. The Morgan fingerprint density at radius 3 is 2.28 bits per heavy atom. The van der Waals surface area contributed by atoms with Gasteiger partial charge in [-0.15, -0.1) is 0 Å². The van der Waals surface area contributed by atoms with Crippen molar-refractivity contribution in [3.63, 3.8) is 0 Å². The number of rotatable bonds is 8. The maximum atomic E-state index is 12.9. The third kappa shape index (κ3) is 7.31. The van der Waals surface area contributed by atoms with Crippen LogP contribution in [-0.4, -0.2) is 63.6 Å². The summed E-state index contributed by atoms with van der Waals surface area (Å²) in [7, 11) is 0. The predicted octanol–water partition coefficient (Wildman–Crippen LogP) is 3.69. The van der Waals surface area contributed by atoms with E-state index < -0.39 is 36.2 Å². The summed E-state index contributed by atoms with van der Waals surface area (Å²) in [6.45, 7) is 4.14. The largest absolute Gasteiger partial charge is 0.434 e. The van der Waals surface area contributed by atoms with E-state index in [-0.39, 0.29) is 24.9 Å². The first kappa shape index (κ1) is 28.5. The Labute approximate surface area is 224 Å². The maximum absolute atomic E-state index is 12.9. The molecule has 8 nitrogen and oxygen atoms in total. The minimum absolute atomic E-state index is 0.0772. The van der Waals surface area contributed by atoms with E-state index in [9.17, 15) is 28.2 Å². The number of alkyl halides is 3. The lowest BCUT2D eigenvalue weighted by Crippen LogP contribution is -2.58. The molecule has 1 aromatic heterocycles. The first-order valence-electron chi connectivity index (χ1n) is 12.6. The molecule has 0 spiro atoms. The lowest BCUT2D eigenvalue weighted by molar-refractivity contribution is -0.141. The average Bonchev–Trinajstić information content (AvgIpc) is 2.91. The molecular weight excluding hydrogens is 513 g/mol. The van der Waals surface area contributed by atoms with Gasteiger partial charge in [-0.2, -0.15) is 13.2 Å². The Hall–Kier alpha value is -3.54. The van der Waals surface area contributed by atoms with E-state index in [1.807, 2.05) is 12.1 Å². The minimum Gasteiger partial charge on any atom is -0.388 e. The smallest absolute Gasteiger partial charge is 0.388 e. The second-order valence-corrected chi connectivity index (χ2v) is 9.97. The van der Waals surface area contributed by atoms with Crippen LogP contribution in [0.1, 0.15) is 35.5 Å². The van der Waals surface area contributed by atoms with Crippen LogP contribution in [0.4, 0.5) is 19.0 Å². The van der Waals surface area contributed by atoms with Crippen LogP contribution >= 0.6 is 0 Å². The van der Waals surface area contributed by atoms with E-state index >= 15 is 0 Å². The number of aliphatic hydroxyl groups is 2. The van der Waals surface area contributed by atoms with E-state index in [0.717, 1.165) is 23.7 Å². The zero-order chi connectivity index (χ0) is 28.2. The van der Waals surface area contributed by atoms with Gasteiger partial charge >= 0.3 is 6.18 Å². The fourth-order valence-corrected chi connectivity index (χ4v) is 4.37. The summed E-state index contributed by atoms with van der Waals surface area (Å²) in [5.41, 5.74) is 2.52. The van der Waals surface area contributed by atoms with E-state index in [4.69, 9.17) is 4.74 Å². The zero-order valence-corrected chi connectivity index (χ0v) is 21.5. The molecule has 4 N–H and O–H groups in total. The molecule has 3 aromatic rings. The molecule has 39 heavy (non-hydrogen) atoms. The average molecular weight is 545 g/mol. The number of nitrogens with zero attached hydrogens (tertiary/aromatic N) is 2. The number of carbonyl (C=O) groups is 1. The van der Waals surface area contributed by atoms with Crippen molar-refractivity contribution in [2.75, 3.05) is 18.5 Å². The molecule has 0 unspecified atom stereocenters. The van der Waals surface area contributed by atoms with Crippen molar-refractivity contribution in [2.45, 2.75) is 50.8 Å². The number of ether oxygens (including phenoxy) is 1. The monoisotopic (exact) mass is 544 g/mol. The van der Waals surface area contributed by atoms with Crippen molar-refractivity contribution >= 4 is 11.7 Å². The summed E-state index contributed by atoms with van der Waals surface area (Å²) < 4.78 is 44.2. The maximum Gasteiger partial charge on any atom is 0.434 e. The van der Waals surface area contributed by atoms with Crippen molar-refractivity contribution in [2.24, 2.45) is 5.92 Å². The second-order valence-electron chi connectivity index (χ2n) is 9.97. The van der Waals surface area contributed by atoms with Crippen molar-refractivity contribution < 1.29 is 32.9 Å². The Kier molecular flexibility index (Phi) is 8.83. The molecule has 1 amide bonds. The van der Waals surface area contributed by atoms with Gasteiger partial charge in [0.05, 0.1) is 25.0 Å². The van der Waals surface area contributed by atoms with Gasteiger partial charge in [0.25, 0.3) is 5.91 Å². The number of aliphatic hydroxyl groups excluding tert-OH is 2. The third-order valence-corrected chi connectivity index (χ3v) is 6.43. The van der Waals surface area contributed by atoms with E-state index in [1.165, 1.54) is 5.56 Å². The van der Waals surface area contributed by atoms with Gasteiger partial charge in [-0.05, 0) is 41.2 Å². The van der Waals surface area contributed by atoms with Crippen LogP contribution in [0, 0.1) is 5.92 Å². The first-order valence-corrected chi connectivity index (χ1v) is 12.6. The van der Waals surface area contributed by atoms with Crippen LogP contribution in [0.5, 0.6) is 0 Å². The topological polar surface area (TPSA) is 117 Å². The van der Waals surface area contributed by atoms with E-state index in [1.54, 1.807) is 12.1 Å². The molecule has 1 fully saturated rings. The Morgan fingerprint density at radius 2 is 1.67 bits per heavy atom. The number of carbonyl (C=O) groups excluding carboxylic acids is 1. The molecule has 0 radical (unpaired) electrons. The number of halogens is 3. The molecule has 2 heterocycles. The van der Waals surface area contributed by atoms with Gasteiger partial charge in [-0.25, -0.2) is 4.98 Å². The molecule has 4 rings (SSSR count). The lowest BCUT2D eigenvalue weighted by atomic mass is 9.97. The summed E-state index contributed by atoms with van der Waals surface area (Å²) >= 11 is 0. The highest BCUT2D eigenvalue weighted by atomic mass is 19.4. The summed E-state index contributed by atoms with van der Waals surface area (Å²) in [5.74, 6) is -0.0144. The fourth-order valence-electron chi connectivity index (χ4n) is 4.37. The predicted molar refractivity (Wildman–Crippen MR) is 139 cm³/mol. The third-order valence-electron chi connectivity index (χ3n) is 6.43. The van der Waals surface area contributed by atoms with Crippen LogP contribution in [-0.2, 0) is 17.3 Å². The number of hydrogen-bond acceptors (Lipinski definition) is 7. The fraction of sp³-hybridized carbons (Fsp3) is 0.393. The van der Waals surface area contributed by atoms with Crippen LogP contribution in [0.25, 0.3) is 11.1 Å². The normalized spacial score (nSPS) is 21.5. The van der Waals surface area contributed by atoms with Gasteiger partial charge in [0.2, 0.25) is 0 Å². The lowest BCUT2D eigenvalue weighted by Gasteiger charge is -2.38. The summed E-state index contributed by atoms with van der Waals surface area (Å²) in [5, 5.41) is 26.3. The summed E-state index contributed by atoms with van der Waals surface area (Å²) in [4.78, 5) is 19.6. The number of amides is 1. The second kappa shape index (κ2) is 12.1. The highest BCUT2D eigenvalue weighted by Gasteiger charge is 2.39. The number of aromatic nitrogens is 2. The Morgan fingerprint density at radius 1 is 1.03 bits per heavy atom. The molecule has 1 aliphatic heterocycles. The Bertz CT molecular complexity index is 1250. The molecule has 0 saturated carbocycles. The number of anilines is 1. The van der Waals surface area contributed by atoms with Crippen molar-refractivity contribution in [1.29, 1.82) is 0 Å². The first-order chi connectivity index (χ1) is 18.5. The molecule has 1 saturated heterocycles. The molecule has 1 aliphatic rings. The SMILES string of the molecule is CC(C)Cc1ccc(-c2ccc(C(=O)NC[C@H]3OC[C@H](Nc4cncc(C(F)(F)F)n4)[C@@H](O)[C@H]3O)cc2)cc1. The molecule has 208 valence electrons. The zero-order valence-electron chi connectivity index (χ0n) is 21.5. The van der Waals surface area contributed by atoms with Crippen LogP contribution in [0.2, 0.25) is 0 Å². The van der Waals surface area contributed by atoms with Crippen LogP contribution in [0.3, 0.4) is 0 Å². The van der Waals surface area contributed by atoms with Crippen molar-refractivity contribution in [3.8, 4) is 11.1 Å². The van der Waals surface area contributed by atoms with Crippen LogP contribution in [0.15, 0.2) is 60.9 Å². The molecule has 11 heteroatoms. The number of benzene rings is 2. The molecule has 0 aliphatic carbocycles. The van der Waals surface area contributed by atoms with E-state index in [0.29, 0.717) is 17.7 Å². The highest BCUT2D eigenvalue weighted by molar-refractivity contribution is 5.94. The van der Waals surface area contributed by atoms with Crippen molar-refractivity contribution in [1.82, 2.24) is 15.3 Å². The van der Waals surface area contributed by atoms with Gasteiger partial charge in [0.15, 0.2) is 5.69 Å². The number of hydrogen-bond donors (Lipinski definition) is 4. The summed E-state index contributed by atoms with van der Waals surface area (Å²) in [6.07, 6.45) is -5.71. The molecule has 4 atom stereocenters. The van der Waals surface area contributed by atoms with Gasteiger partial charge in [0.1, 0.15) is 24.1 Å². The van der Waals surface area contributed by atoms with Gasteiger partial charge < -0.3 is 25.6 Å². The highest BCUT2D eigenvalue weighted by Crippen LogP contribution is 2.28. The number of nitrogens with one attached hydrogen (secondary N) is 2. The molecular formula is C28H31F3N4O4. The molecule has 0 bridgehead atoms. The van der Waals surface area contributed by atoms with Crippen molar-refractivity contribution in [3.05, 3.63) is 77.7 Å². The van der Waals surface area contributed by atoms with Gasteiger partial charge in [0, 0.05) is 12.1 Å². The van der Waals surface area contributed by atoms with E-state index in [2.05, 4.69) is 58.7 Å². The Balaban J connectivity index is 1.29. The van der Waals surface area contributed by atoms with Crippen LogP contribution < -0.4 is 10.6 Å². The quantitative estimate of drug-likeness (QED) is 0.342. The standard InChI is InChI=1S/C28H31F3N4O4/c1-16(2)11-17-3-5-18(6-4-17)19-7-9-20(10-8-19)27(38)33-12-22-26(37)25(36)21(15-39-22)34-24-14-32-13-23(35-24)28(29,30)31/h3-10,13-14,16,21-22,25-26,36-37H,11-12,15H2,1-2H3,(H,33,38)(H,34,35)/t21-,22+,25+,26-/m0/s1. The minimum atomic E-state index is -4.67. The van der Waals surface area contributed by atoms with Gasteiger partial charge in [-0.3, -0.25) is 9.78 Å². The molecule has 2 aromatic carbocycles.